The van der Waals surface area contributed by atoms with E-state index in [0.717, 1.165) is 31.9 Å². The van der Waals surface area contributed by atoms with Crippen molar-refractivity contribution >= 4 is 5.96 Å². The molecule has 1 rings (SSSR count). The number of guanidine groups is 1. The highest BCUT2D eigenvalue weighted by Crippen LogP contribution is 2.01. The molecule has 0 aromatic carbocycles. The Balaban J connectivity index is 2.56. The first-order chi connectivity index (χ1) is 7.13. The number of hydrogen-bond acceptors (Lipinski definition) is 2. The molecule has 1 saturated heterocycles. The van der Waals surface area contributed by atoms with Gasteiger partial charge in [0.05, 0.1) is 0 Å². The highest BCUT2D eigenvalue weighted by molar-refractivity contribution is 5.79. The van der Waals surface area contributed by atoms with Gasteiger partial charge in [-0.2, -0.15) is 0 Å². The van der Waals surface area contributed by atoms with Crippen molar-refractivity contribution in [2.24, 2.45) is 10.7 Å². The molecule has 0 aromatic heterocycles. The summed E-state index contributed by atoms with van der Waals surface area (Å²) in [5.74, 6) is 0.610. The molecule has 0 radical (unpaired) electrons. The minimum absolute atomic E-state index is 0.610. The van der Waals surface area contributed by atoms with Gasteiger partial charge in [0.2, 0.25) is 0 Å². The van der Waals surface area contributed by atoms with Gasteiger partial charge in [0.15, 0.2) is 5.96 Å². The van der Waals surface area contributed by atoms with Crippen LogP contribution in [0.15, 0.2) is 29.4 Å². The Morgan fingerprint density at radius 2 is 1.93 bits per heavy atom. The van der Waals surface area contributed by atoms with Crippen molar-refractivity contribution in [1.29, 1.82) is 0 Å². The first kappa shape index (κ1) is 11.8. The Kier molecular flexibility index (Phi) is 4.37. The van der Waals surface area contributed by atoms with E-state index < -0.39 is 0 Å². The van der Waals surface area contributed by atoms with Gasteiger partial charge >= 0.3 is 0 Å². The van der Waals surface area contributed by atoms with Crippen LogP contribution in [0, 0.1) is 0 Å². The van der Waals surface area contributed by atoms with Gasteiger partial charge in [0, 0.05) is 31.9 Å². The quantitative estimate of drug-likeness (QED) is 0.411. The van der Waals surface area contributed by atoms with E-state index in [9.17, 15) is 0 Å². The molecular weight excluding hydrogens is 188 g/mol. The summed E-state index contributed by atoms with van der Waals surface area (Å²) in [5.41, 5.74) is 6.80. The summed E-state index contributed by atoms with van der Waals surface area (Å²) in [6.45, 7) is 9.53. The fourth-order valence-electron chi connectivity index (χ4n) is 1.49. The largest absolute Gasteiger partial charge is 0.369 e. The van der Waals surface area contributed by atoms with Gasteiger partial charge in [0.25, 0.3) is 0 Å². The third-order valence-corrected chi connectivity index (χ3v) is 2.48. The number of piperazine rings is 1. The monoisotopic (exact) mass is 208 g/mol. The molecule has 1 aliphatic heterocycles. The average Bonchev–Trinajstić information content (AvgIpc) is 2.18. The van der Waals surface area contributed by atoms with E-state index in [1.807, 2.05) is 13.0 Å². The van der Waals surface area contributed by atoms with E-state index in [4.69, 9.17) is 5.73 Å². The summed E-state index contributed by atoms with van der Waals surface area (Å²) >= 11 is 0. The molecular formula is C11H20N4. The zero-order valence-electron chi connectivity index (χ0n) is 9.61. The van der Waals surface area contributed by atoms with E-state index >= 15 is 0 Å². The zero-order chi connectivity index (χ0) is 11.3. The van der Waals surface area contributed by atoms with Gasteiger partial charge < -0.3 is 15.5 Å². The Morgan fingerprint density at radius 3 is 2.47 bits per heavy atom. The molecule has 0 spiro atoms. The maximum atomic E-state index is 5.91. The van der Waals surface area contributed by atoms with Crippen LogP contribution < -0.4 is 5.73 Å². The highest BCUT2D eigenvalue weighted by Gasteiger charge is 2.14. The molecule has 2 N–H and O–H groups in total. The van der Waals surface area contributed by atoms with Crippen molar-refractivity contribution in [3.63, 3.8) is 0 Å². The van der Waals surface area contributed by atoms with Crippen LogP contribution in [0.4, 0.5) is 0 Å². The maximum Gasteiger partial charge on any atom is 0.196 e. The highest BCUT2D eigenvalue weighted by atomic mass is 15.3. The smallest absolute Gasteiger partial charge is 0.196 e. The Hall–Kier alpha value is -1.29. The van der Waals surface area contributed by atoms with Crippen LogP contribution in [0.25, 0.3) is 0 Å². The SMILES string of the molecule is C=C/C=C(/C)N=C(N)N1CCN(C)CC1. The fourth-order valence-corrected chi connectivity index (χ4v) is 1.49. The molecule has 0 aromatic rings. The number of nitrogens with two attached hydrogens (primary N) is 1. The molecule has 15 heavy (non-hydrogen) atoms. The molecule has 0 saturated carbocycles. The minimum atomic E-state index is 0.610. The van der Waals surface area contributed by atoms with Crippen molar-refractivity contribution in [3.05, 3.63) is 24.4 Å². The third-order valence-electron chi connectivity index (χ3n) is 2.48. The molecule has 0 amide bonds. The lowest BCUT2D eigenvalue weighted by atomic mass is 10.3. The van der Waals surface area contributed by atoms with Crippen molar-refractivity contribution in [1.82, 2.24) is 9.80 Å². The van der Waals surface area contributed by atoms with Crippen LogP contribution in [0.2, 0.25) is 0 Å². The molecule has 1 heterocycles. The number of aliphatic imine (C=N–C) groups is 1. The van der Waals surface area contributed by atoms with Crippen LogP contribution in [0.5, 0.6) is 0 Å². The van der Waals surface area contributed by atoms with Crippen molar-refractivity contribution in [3.8, 4) is 0 Å². The number of allylic oxidation sites excluding steroid dienone is 3. The number of rotatable bonds is 2. The topological polar surface area (TPSA) is 44.9 Å². The number of nitrogens with zero attached hydrogens (tertiary/aromatic N) is 3. The summed E-state index contributed by atoms with van der Waals surface area (Å²) in [6.07, 6.45) is 3.57. The fraction of sp³-hybridized carbons (Fsp3) is 0.545. The predicted octanol–water partition coefficient (Wildman–Crippen LogP) is 0.638. The summed E-state index contributed by atoms with van der Waals surface area (Å²) in [5, 5.41) is 0. The van der Waals surface area contributed by atoms with Gasteiger partial charge in [-0.1, -0.05) is 12.7 Å². The van der Waals surface area contributed by atoms with Crippen LogP contribution in [0.3, 0.4) is 0 Å². The summed E-state index contributed by atoms with van der Waals surface area (Å²) < 4.78 is 0. The lowest BCUT2D eigenvalue weighted by molar-refractivity contribution is 0.214. The molecule has 84 valence electrons. The molecule has 4 nitrogen and oxygen atoms in total. The molecule has 1 fully saturated rings. The van der Waals surface area contributed by atoms with Gasteiger partial charge in [0.1, 0.15) is 0 Å². The summed E-state index contributed by atoms with van der Waals surface area (Å²) in [7, 11) is 2.12. The first-order valence-electron chi connectivity index (χ1n) is 5.20. The van der Waals surface area contributed by atoms with Gasteiger partial charge in [-0.15, -0.1) is 0 Å². The van der Waals surface area contributed by atoms with Crippen LogP contribution in [0.1, 0.15) is 6.92 Å². The summed E-state index contributed by atoms with van der Waals surface area (Å²) in [6, 6.07) is 0. The molecule has 0 bridgehead atoms. The second kappa shape index (κ2) is 5.56. The first-order valence-corrected chi connectivity index (χ1v) is 5.20. The van der Waals surface area contributed by atoms with Gasteiger partial charge in [-0.3, -0.25) is 0 Å². The third kappa shape index (κ3) is 3.75. The van der Waals surface area contributed by atoms with Crippen LogP contribution in [-0.2, 0) is 0 Å². The number of hydrogen-bond donors (Lipinski definition) is 1. The van der Waals surface area contributed by atoms with Gasteiger partial charge in [-0.25, -0.2) is 4.99 Å². The average molecular weight is 208 g/mol. The van der Waals surface area contributed by atoms with E-state index in [1.54, 1.807) is 6.08 Å². The normalized spacial score (nSPS) is 20.5. The maximum absolute atomic E-state index is 5.91. The van der Waals surface area contributed by atoms with Gasteiger partial charge in [-0.05, 0) is 20.0 Å². The standard InChI is InChI=1S/C11H20N4/c1-4-5-10(2)13-11(12)15-8-6-14(3)7-9-15/h4-5H,1,6-9H2,2-3H3,(H2,12,13)/b10-5-. The molecule has 4 heteroatoms. The van der Waals surface area contributed by atoms with E-state index in [0.29, 0.717) is 5.96 Å². The van der Waals surface area contributed by atoms with Crippen LogP contribution in [-0.4, -0.2) is 49.0 Å². The second-order valence-corrected chi connectivity index (χ2v) is 3.80. The Morgan fingerprint density at radius 1 is 1.33 bits per heavy atom. The molecule has 0 unspecified atom stereocenters. The predicted molar refractivity (Wildman–Crippen MR) is 64.6 cm³/mol. The van der Waals surface area contributed by atoms with Crippen molar-refractivity contribution in [2.75, 3.05) is 33.2 Å². The number of likely N-dealkylation sites (N-methyl/N-ethyl adjacent to an activating group) is 1. The Labute approximate surface area is 91.8 Å². The van der Waals surface area contributed by atoms with E-state index in [1.165, 1.54) is 0 Å². The Bertz CT molecular complexity index is 272. The van der Waals surface area contributed by atoms with E-state index in [-0.39, 0.29) is 0 Å². The molecule has 1 aliphatic rings. The lowest BCUT2D eigenvalue weighted by Crippen LogP contribution is -2.49. The molecule has 0 atom stereocenters. The lowest BCUT2D eigenvalue weighted by Gasteiger charge is -2.33. The zero-order valence-corrected chi connectivity index (χ0v) is 9.61. The van der Waals surface area contributed by atoms with Crippen LogP contribution >= 0.6 is 0 Å². The second-order valence-electron chi connectivity index (χ2n) is 3.80. The summed E-state index contributed by atoms with van der Waals surface area (Å²) in [4.78, 5) is 8.71. The van der Waals surface area contributed by atoms with Crippen molar-refractivity contribution < 1.29 is 0 Å². The van der Waals surface area contributed by atoms with E-state index in [2.05, 4.69) is 28.4 Å². The minimum Gasteiger partial charge on any atom is -0.369 e. The molecule has 0 aliphatic carbocycles. The van der Waals surface area contributed by atoms with Crippen molar-refractivity contribution in [2.45, 2.75) is 6.92 Å².